The Kier molecular flexibility index (Phi) is 8.35. The fourth-order valence-electron chi connectivity index (χ4n) is 2.13. The Labute approximate surface area is 170 Å². The zero-order chi connectivity index (χ0) is 21.5. The second-order valence-corrected chi connectivity index (χ2v) is 9.36. The van der Waals surface area contributed by atoms with Crippen molar-refractivity contribution < 1.29 is 23.9 Å². The molecular weight excluding hydrogens is 380 g/mol. The van der Waals surface area contributed by atoms with Crippen LogP contribution in [0.2, 0.25) is 0 Å². The maximum absolute atomic E-state index is 12.5. The molecule has 0 saturated carbocycles. The van der Waals surface area contributed by atoms with Crippen LogP contribution in [0.3, 0.4) is 0 Å². The Bertz CT molecular complexity index is 707. The number of benzene rings is 1. The highest BCUT2D eigenvalue weighted by Crippen LogP contribution is 2.22. The largest absolute Gasteiger partial charge is 0.460 e. The average Bonchev–Trinajstić information content (AvgIpc) is 2.47. The lowest BCUT2D eigenvalue weighted by molar-refractivity contribution is -0.158. The lowest BCUT2D eigenvalue weighted by atomic mass is 10.1. The van der Waals surface area contributed by atoms with Crippen molar-refractivity contribution in [1.82, 2.24) is 5.32 Å². The van der Waals surface area contributed by atoms with Gasteiger partial charge in [-0.25, -0.2) is 4.79 Å². The summed E-state index contributed by atoms with van der Waals surface area (Å²) in [6, 6.07) is 5.88. The third-order valence-corrected chi connectivity index (χ3v) is 3.90. The minimum Gasteiger partial charge on any atom is -0.460 e. The minimum absolute atomic E-state index is 0.0234. The van der Waals surface area contributed by atoms with E-state index >= 15 is 0 Å². The van der Waals surface area contributed by atoms with Crippen LogP contribution in [0.4, 0.5) is 10.5 Å². The third-order valence-electron chi connectivity index (χ3n) is 3.11. The van der Waals surface area contributed by atoms with Crippen molar-refractivity contribution >= 4 is 34.6 Å². The predicted molar refractivity (Wildman–Crippen MR) is 110 cm³/mol. The molecule has 8 heteroatoms. The maximum Gasteiger partial charge on any atom is 0.329 e. The lowest BCUT2D eigenvalue weighted by Crippen LogP contribution is -2.43. The Morgan fingerprint density at radius 1 is 1.07 bits per heavy atom. The quantitative estimate of drug-likeness (QED) is 0.416. The van der Waals surface area contributed by atoms with Gasteiger partial charge in [0.2, 0.25) is 0 Å². The highest BCUT2D eigenvalue weighted by Gasteiger charge is 2.28. The number of nitrogen functional groups attached to an aromatic ring is 1. The Morgan fingerprint density at radius 3 is 2.21 bits per heavy atom. The van der Waals surface area contributed by atoms with Crippen LogP contribution in [0.5, 0.6) is 0 Å². The van der Waals surface area contributed by atoms with E-state index in [1.165, 1.54) is 0 Å². The van der Waals surface area contributed by atoms with Gasteiger partial charge in [-0.3, -0.25) is 9.59 Å². The minimum atomic E-state index is -0.965. The number of hydrogen-bond acceptors (Lipinski definition) is 7. The van der Waals surface area contributed by atoms with Gasteiger partial charge < -0.3 is 20.5 Å². The number of thioether (sulfide) groups is 1. The van der Waals surface area contributed by atoms with Crippen molar-refractivity contribution in [3.05, 3.63) is 24.3 Å². The summed E-state index contributed by atoms with van der Waals surface area (Å²) in [5.41, 5.74) is 4.91. The number of nitrogens with two attached hydrogens (primary N) is 1. The van der Waals surface area contributed by atoms with E-state index < -0.39 is 34.4 Å². The summed E-state index contributed by atoms with van der Waals surface area (Å²) in [4.78, 5) is 37.5. The van der Waals surface area contributed by atoms with Crippen molar-refractivity contribution in [2.75, 3.05) is 5.73 Å². The van der Waals surface area contributed by atoms with Crippen LogP contribution in [-0.4, -0.2) is 34.4 Å². The molecule has 1 aromatic carbocycles. The normalized spacial score (nSPS) is 12.8. The van der Waals surface area contributed by atoms with Crippen molar-refractivity contribution in [3.8, 4) is 0 Å². The number of carbonyl (C=O) groups excluding carboxylic acids is 3. The van der Waals surface area contributed by atoms with Crippen LogP contribution < -0.4 is 11.1 Å². The van der Waals surface area contributed by atoms with Gasteiger partial charge in [-0.15, -0.1) is 0 Å². The van der Waals surface area contributed by atoms with Gasteiger partial charge in [0.25, 0.3) is 5.24 Å². The second kappa shape index (κ2) is 9.82. The monoisotopic (exact) mass is 410 g/mol. The van der Waals surface area contributed by atoms with E-state index in [1.54, 1.807) is 65.8 Å². The molecule has 0 unspecified atom stereocenters. The number of nitrogens with one attached hydrogen (secondary N) is 1. The smallest absolute Gasteiger partial charge is 0.329 e. The Morgan fingerprint density at radius 2 is 1.68 bits per heavy atom. The Balaban J connectivity index is 2.77. The SMILES string of the molecule is CC(C)(C)OC(=O)CC[C@H](NC(=O)Sc1cccc(N)c1)C(=O)OC(C)(C)C. The van der Waals surface area contributed by atoms with Gasteiger partial charge in [0.1, 0.15) is 17.2 Å². The second-order valence-electron chi connectivity index (χ2n) is 8.32. The summed E-state index contributed by atoms with van der Waals surface area (Å²) in [6.45, 7) is 10.5. The van der Waals surface area contributed by atoms with Crippen LogP contribution >= 0.6 is 11.8 Å². The van der Waals surface area contributed by atoms with Gasteiger partial charge in [-0.05, 0) is 77.9 Å². The molecule has 0 aliphatic rings. The molecule has 1 aromatic rings. The molecule has 0 spiro atoms. The third kappa shape index (κ3) is 10.2. The standard InChI is InChI=1S/C20H30N2O5S/c1-19(2,3)26-16(23)11-10-15(17(24)27-20(4,5)6)22-18(25)28-14-9-7-8-13(21)12-14/h7-9,12,15H,10-11,21H2,1-6H3,(H,22,25)/t15-/m0/s1. The van der Waals surface area contributed by atoms with E-state index in [9.17, 15) is 14.4 Å². The van der Waals surface area contributed by atoms with E-state index in [0.717, 1.165) is 11.8 Å². The van der Waals surface area contributed by atoms with Crippen LogP contribution in [0.15, 0.2) is 29.2 Å². The number of rotatable bonds is 6. The fourth-order valence-corrected chi connectivity index (χ4v) is 2.89. The maximum atomic E-state index is 12.5. The van der Waals surface area contributed by atoms with Gasteiger partial charge in [0, 0.05) is 17.0 Å². The fraction of sp³-hybridized carbons (Fsp3) is 0.550. The molecule has 7 nitrogen and oxygen atoms in total. The number of carbonyl (C=O) groups is 3. The van der Waals surface area contributed by atoms with Crippen LogP contribution in [0.25, 0.3) is 0 Å². The van der Waals surface area contributed by atoms with E-state index in [-0.39, 0.29) is 12.8 Å². The number of hydrogen-bond donors (Lipinski definition) is 2. The number of ether oxygens (including phenoxy) is 2. The molecule has 1 amide bonds. The summed E-state index contributed by atoms with van der Waals surface area (Å²) in [5.74, 6) is -1.05. The molecule has 0 aliphatic carbocycles. The Hall–Kier alpha value is -2.22. The van der Waals surface area contributed by atoms with E-state index in [1.807, 2.05) is 0 Å². The van der Waals surface area contributed by atoms with Crippen LogP contribution in [0.1, 0.15) is 54.4 Å². The van der Waals surface area contributed by atoms with Crippen molar-refractivity contribution in [3.63, 3.8) is 0 Å². The first kappa shape index (κ1) is 23.8. The van der Waals surface area contributed by atoms with Gasteiger partial charge in [-0.2, -0.15) is 0 Å². The predicted octanol–water partition coefficient (Wildman–Crippen LogP) is 3.90. The van der Waals surface area contributed by atoms with Gasteiger partial charge in [0.15, 0.2) is 0 Å². The van der Waals surface area contributed by atoms with Crippen molar-refractivity contribution in [2.24, 2.45) is 0 Å². The van der Waals surface area contributed by atoms with Crippen LogP contribution in [0, 0.1) is 0 Å². The van der Waals surface area contributed by atoms with Crippen molar-refractivity contribution in [1.29, 1.82) is 0 Å². The summed E-state index contributed by atoms with van der Waals surface area (Å²) in [7, 11) is 0. The molecule has 0 saturated heterocycles. The van der Waals surface area contributed by atoms with E-state index in [2.05, 4.69) is 5.32 Å². The molecule has 1 atom stereocenters. The van der Waals surface area contributed by atoms with Crippen LogP contribution in [-0.2, 0) is 19.1 Å². The average molecular weight is 411 g/mol. The molecule has 1 rings (SSSR count). The molecule has 0 bridgehead atoms. The summed E-state index contributed by atoms with van der Waals surface area (Å²) in [6.07, 6.45) is 0.0530. The zero-order valence-electron chi connectivity index (χ0n) is 17.3. The summed E-state index contributed by atoms with van der Waals surface area (Å²) >= 11 is 0.912. The first-order valence-corrected chi connectivity index (χ1v) is 9.85. The molecule has 0 fully saturated rings. The summed E-state index contributed by atoms with van der Waals surface area (Å²) in [5, 5.41) is 2.19. The molecule has 0 heterocycles. The number of esters is 2. The molecule has 156 valence electrons. The summed E-state index contributed by atoms with van der Waals surface area (Å²) < 4.78 is 10.6. The highest BCUT2D eigenvalue weighted by molar-refractivity contribution is 8.13. The van der Waals surface area contributed by atoms with E-state index in [0.29, 0.717) is 10.6 Å². The van der Waals surface area contributed by atoms with Gasteiger partial charge in [-0.1, -0.05) is 6.07 Å². The molecule has 0 radical (unpaired) electrons. The molecule has 0 aromatic heterocycles. The number of amides is 1. The topological polar surface area (TPSA) is 108 Å². The van der Waals surface area contributed by atoms with Crippen molar-refractivity contribution in [2.45, 2.75) is 76.5 Å². The lowest BCUT2D eigenvalue weighted by Gasteiger charge is -2.25. The molecule has 3 N–H and O–H groups in total. The van der Waals surface area contributed by atoms with E-state index in [4.69, 9.17) is 15.2 Å². The zero-order valence-corrected chi connectivity index (χ0v) is 18.1. The number of anilines is 1. The first-order chi connectivity index (χ1) is 12.7. The molecule has 0 aliphatic heterocycles. The first-order valence-electron chi connectivity index (χ1n) is 9.04. The van der Waals surface area contributed by atoms with Gasteiger partial charge >= 0.3 is 11.9 Å². The molecule has 28 heavy (non-hydrogen) atoms. The highest BCUT2D eigenvalue weighted by atomic mass is 32.2. The molecular formula is C20H30N2O5S. The van der Waals surface area contributed by atoms with Gasteiger partial charge in [0.05, 0.1) is 0 Å².